The molecule has 0 fully saturated rings. The first kappa shape index (κ1) is 14.5. The standard InChI is InChI=1S/C18H15ClN2O/c1-12-6-7-13(8-16(12)19)9-18(22)21-17-11-20-10-14-4-2-3-5-15(14)17/h2-8,10-11H,9H2,1H3,(H,21,22). The van der Waals surface area contributed by atoms with E-state index in [0.29, 0.717) is 5.02 Å². The minimum absolute atomic E-state index is 0.0851. The van der Waals surface area contributed by atoms with Gasteiger partial charge in [0.25, 0.3) is 0 Å². The molecule has 0 bridgehead atoms. The molecule has 3 nitrogen and oxygen atoms in total. The fraction of sp³-hybridized carbons (Fsp3) is 0.111. The maximum absolute atomic E-state index is 12.2. The molecule has 0 atom stereocenters. The molecular formula is C18H15ClN2O. The van der Waals surface area contributed by atoms with Crippen LogP contribution in [0.4, 0.5) is 5.69 Å². The first-order chi connectivity index (χ1) is 10.6. The van der Waals surface area contributed by atoms with Gasteiger partial charge in [-0.2, -0.15) is 0 Å². The Morgan fingerprint density at radius 1 is 1.18 bits per heavy atom. The number of nitrogens with zero attached hydrogens (tertiary/aromatic N) is 1. The van der Waals surface area contributed by atoms with Crippen LogP contribution in [-0.4, -0.2) is 10.9 Å². The van der Waals surface area contributed by atoms with E-state index in [0.717, 1.165) is 27.6 Å². The van der Waals surface area contributed by atoms with Crippen LogP contribution in [0.5, 0.6) is 0 Å². The summed E-state index contributed by atoms with van der Waals surface area (Å²) in [5.74, 6) is -0.0851. The van der Waals surface area contributed by atoms with Gasteiger partial charge in [0.05, 0.1) is 18.3 Å². The molecule has 0 aliphatic heterocycles. The summed E-state index contributed by atoms with van der Waals surface area (Å²) in [6.07, 6.45) is 3.73. The Bertz CT molecular complexity index is 840. The number of fused-ring (bicyclic) bond motifs is 1. The quantitative estimate of drug-likeness (QED) is 0.780. The molecule has 0 saturated heterocycles. The average Bonchev–Trinajstić information content (AvgIpc) is 2.51. The third-order valence-corrected chi connectivity index (χ3v) is 3.95. The molecule has 3 rings (SSSR count). The Labute approximate surface area is 133 Å². The van der Waals surface area contributed by atoms with Crippen molar-refractivity contribution in [2.24, 2.45) is 0 Å². The van der Waals surface area contributed by atoms with Crippen LogP contribution in [0, 0.1) is 6.92 Å². The van der Waals surface area contributed by atoms with Crippen molar-refractivity contribution in [3.8, 4) is 0 Å². The third-order valence-electron chi connectivity index (χ3n) is 3.54. The smallest absolute Gasteiger partial charge is 0.228 e. The van der Waals surface area contributed by atoms with Gasteiger partial charge in [0, 0.05) is 22.0 Å². The van der Waals surface area contributed by atoms with Crippen LogP contribution in [0.25, 0.3) is 10.8 Å². The zero-order valence-corrected chi connectivity index (χ0v) is 12.9. The first-order valence-corrected chi connectivity index (χ1v) is 7.39. The molecule has 1 N–H and O–H groups in total. The highest BCUT2D eigenvalue weighted by molar-refractivity contribution is 6.31. The van der Waals surface area contributed by atoms with Crippen LogP contribution in [0.1, 0.15) is 11.1 Å². The monoisotopic (exact) mass is 310 g/mol. The molecule has 0 aliphatic rings. The summed E-state index contributed by atoms with van der Waals surface area (Å²) in [5.41, 5.74) is 2.62. The van der Waals surface area contributed by atoms with Gasteiger partial charge in [0.2, 0.25) is 5.91 Å². The fourth-order valence-corrected chi connectivity index (χ4v) is 2.55. The summed E-state index contributed by atoms with van der Waals surface area (Å²) in [6, 6.07) is 13.5. The van der Waals surface area contributed by atoms with E-state index < -0.39 is 0 Å². The van der Waals surface area contributed by atoms with E-state index in [1.165, 1.54) is 0 Å². The van der Waals surface area contributed by atoms with Crippen molar-refractivity contribution in [2.45, 2.75) is 13.3 Å². The number of carbonyl (C=O) groups excluding carboxylic acids is 1. The predicted molar refractivity (Wildman–Crippen MR) is 90.3 cm³/mol. The van der Waals surface area contributed by atoms with E-state index in [1.54, 1.807) is 12.4 Å². The van der Waals surface area contributed by atoms with E-state index in [-0.39, 0.29) is 12.3 Å². The Balaban J connectivity index is 1.80. The Morgan fingerprint density at radius 2 is 2.00 bits per heavy atom. The van der Waals surface area contributed by atoms with E-state index in [2.05, 4.69) is 10.3 Å². The number of aryl methyl sites for hydroxylation is 1. The zero-order chi connectivity index (χ0) is 15.5. The van der Waals surface area contributed by atoms with Gasteiger partial charge >= 0.3 is 0 Å². The van der Waals surface area contributed by atoms with Crippen molar-refractivity contribution in [3.63, 3.8) is 0 Å². The van der Waals surface area contributed by atoms with Crippen molar-refractivity contribution < 1.29 is 4.79 Å². The molecule has 1 amide bonds. The molecular weight excluding hydrogens is 296 g/mol. The average molecular weight is 311 g/mol. The molecule has 2 aromatic carbocycles. The summed E-state index contributed by atoms with van der Waals surface area (Å²) in [7, 11) is 0. The number of benzene rings is 2. The number of rotatable bonds is 3. The lowest BCUT2D eigenvalue weighted by Gasteiger charge is -2.09. The van der Waals surface area contributed by atoms with E-state index >= 15 is 0 Å². The summed E-state index contributed by atoms with van der Waals surface area (Å²) in [4.78, 5) is 16.4. The molecule has 110 valence electrons. The van der Waals surface area contributed by atoms with Crippen molar-refractivity contribution in [2.75, 3.05) is 5.32 Å². The van der Waals surface area contributed by atoms with Gasteiger partial charge in [-0.1, -0.05) is 48.0 Å². The van der Waals surface area contributed by atoms with Gasteiger partial charge in [-0.15, -0.1) is 0 Å². The van der Waals surface area contributed by atoms with Gasteiger partial charge in [-0.3, -0.25) is 9.78 Å². The molecule has 0 saturated carbocycles. The fourth-order valence-electron chi connectivity index (χ4n) is 2.34. The molecule has 3 aromatic rings. The van der Waals surface area contributed by atoms with Gasteiger partial charge in [0.15, 0.2) is 0 Å². The third kappa shape index (κ3) is 3.10. The summed E-state index contributed by atoms with van der Waals surface area (Å²) < 4.78 is 0. The highest BCUT2D eigenvalue weighted by Crippen LogP contribution is 2.22. The molecule has 0 aliphatic carbocycles. The van der Waals surface area contributed by atoms with E-state index in [4.69, 9.17) is 11.6 Å². The van der Waals surface area contributed by atoms with Gasteiger partial charge in [-0.25, -0.2) is 0 Å². The lowest BCUT2D eigenvalue weighted by atomic mass is 10.1. The normalized spacial score (nSPS) is 10.6. The number of aromatic nitrogens is 1. The number of hydrogen-bond acceptors (Lipinski definition) is 2. The second-order valence-corrected chi connectivity index (χ2v) is 5.62. The van der Waals surface area contributed by atoms with Crippen molar-refractivity contribution in [3.05, 3.63) is 71.0 Å². The van der Waals surface area contributed by atoms with Crippen LogP contribution in [0.2, 0.25) is 5.02 Å². The second kappa shape index (κ2) is 6.16. The number of anilines is 1. The van der Waals surface area contributed by atoms with Crippen LogP contribution >= 0.6 is 11.6 Å². The molecule has 0 unspecified atom stereocenters. The van der Waals surface area contributed by atoms with Crippen molar-refractivity contribution >= 4 is 34.0 Å². The predicted octanol–water partition coefficient (Wildman–Crippen LogP) is 4.38. The van der Waals surface area contributed by atoms with Gasteiger partial charge in [-0.05, 0) is 24.1 Å². The maximum atomic E-state index is 12.2. The Hall–Kier alpha value is -2.39. The first-order valence-electron chi connectivity index (χ1n) is 7.01. The number of amides is 1. The largest absolute Gasteiger partial charge is 0.324 e. The van der Waals surface area contributed by atoms with Gasteiger partial charge < -0.3 is 5.32 Å². The topological polar surface area (TPSA) is 42.0 Å². The molecule has 0 radical (unpaired) electrons. The Morgan fingerprint density at radius 3 is 2.82 bits per heavy atom. The number of nitrogens with one attached hydrogen (secondary N) is 1. The van der Waals surface area contributed by atoms with Crippen LogP contribution in [0.15, 0.2) is 54.9 Å². The van der Waals surface area contributed by atoms with E-state index in [9.17, 15) is 4.79 Å². The summed E-state index contributed by atoms with van der Waals surface area (Å²) in [5, 5.41) is 5.58. The highest BCUT2D eigenvalue weighted by Gasteiger charge is 2.08. The molecule has 1 aromatic heterocycles. The maximum Gasteiger partial charge on any atom is 0.228 e. The highest BCUT2D eigenvalue weighted by atomic mass is 35.5. The molecule has 4 heteroatoms. The van der Waals surface area contributed by atoms with Crippen LogP contribution < -0.4 is 5.32 Å². The minimum atomic E-state index is -0.0851. The lowest BCUT2D eigenvalue weighted by molar-refractivity contribution is -0.115. The van der Waals surface area contributed by atoms with Crippen molar-refractivity contribution in [1.29, 1.82) is 0 Å². The second-order valence-electron chi connectivity index (χ2n) is 5.22. The van der Waals surface area contributed by atoms with Crippen molar-refractivity contribution in [1.82, 2.24) is 4.98 Å². The summed E-state index contributed by atoms with van der Waals surface area (Å²) >= 11 is 6.09. The summed E-state index contributed by atoms with van der Waals surface area (Å²) in [6.45, 7) is 1.94. The Kier molecular flexibility index (Phi) is 4.07. The van der Waals surface area contributed by atoms with E-state index in [1.807, 2.05) is 49.4 Å². The SMILES string of the molecule is Cc1ccc(CC(=O)Nc2cncc3ccccc23)cc1Cl. The minimum Gasteiger partial charge on any atom is -0.324 e. The van der Waals surface area contributed by atoms with Gasteiger partial charge in [0.1, 0.15) is 0 Å². The number of hydrogen-bond donors (Lipinski definition) is 1. The zero-order valence-electron chi connectivity index (χ0n) is 12.1. The van der Waals surface area contributed by atoms with Crippen LogP contribution in [-0.2, 0) is 11.2 Å². The number of halogens is 1. The number of pyridine rings is 1. The molecule has 22 heavy (non-hydrogen) atoms. The molecule has 1 heterocycles. The van der Waals surface area contributed by atoms with Crippen LogP contribution in [0.3, 0.4) is 0 Å². The lowest BCUT2D eigenvalue weighted by Crippen LogP contribution is -2.14. The molecule has 0 spiro atoms. The number of carbonyl (C=O) groups is 1.